The summed E-state index contributed by atoms with van der Waals surface area (Å²) in [5, 5.41) is 0. The van der Waals surface area contributed by atoms with Crippen LogP contribution in [0.3, 0.4) is 0 Å². The van der Waals surface area contributed by atoms with E-state index in [1.165, 1.54) is 5.56 Å². The molecule has 0 saturated heterocycles. The van der Waals surface area contributed by atoms with Crippen molar-refractivity contribution in [3.8, 4) is 0 Å². The first kappa shape index (κ1) is 13.7. The largest absolute Gasteiger partial charge is 0.440 e. The minimum atomic E-state index is 0.171. The summed E-state index contributed by atoms with van der Waals surface area (Å²) in [6.45, 7) is 4.43. The van der Waals surface area contributed by atoms with Gasteiger partial charge in [0, 0.05) is 11.8 Å². The molecule has 2 atom stereocenters. The Kier molecular flexibility index (Phi) is 3.65. The van der Waals surface area contributed by atoms with Crippen LogP contribution in [0.4, 0.5) is 5.69 Å². The molecule has 0 bridgehead atoms. The van der Waals surface area contributed by atoms with Gasteiger partial charge in [-0.3, -0.25) is 0 Å². The Bertz CT molecular complexity index is 733. The zero-order chi connectivity index (χ0) is 14.8. The smallest absolute Gasteiger partial charge is 0.203 e. The molecule has 2 unspecified atom stereocenters. The number of oxazole rings is 1. The number of rotatable bonds is 4. The van der Waals surface area contributed by atoms with E-state index >= 15 is 0 Å². The van der Waals surface area contributed by atoms with Gasteiger partial charge in [0.25, 0.3) is 0 Å². The minimum Gasteiger partial charge on any atom is -0.440 e. The summed E-state index contributed by atoms with van der Waals surface area (Å²) in [6.07, 6.45) is 1.07. The lowest BCUT2D eigenvalue weighted by Crippen LogP contribution is -2.11. The molecule has 2 aromatic carbocycles. The molecular formula is C18H20N2O. The normalized spacial score (nSPS) is 14.2. The van der Waals surface area contributed by atoms with Crippen molar-refractivity contribution < 1.29 is 4.42 Å². The van der Waals surface area contributed by atoms with Gasteiger partial charge in [-0.15, -0.1) is 0 Å². The van der Waals surface area contributed by atoms with Crippen molar-refractivity contribution in [3.05, 3.63) is 60.0 Å². The molecule has 2 N–H and O–H groups in total. The lowest BCUT2D eigenvalue weighted by Gasteiger charge is -2.20. The Labute approximate surface area is 124 Å². The van der Waals surface area contributed by atoms with Crippen molar-refractivity contribution in [2.24, 2.45) is 5.92 Å². The van der Waals surface area contributed by atoms with E-state index in [2.05, 4.69) is 43.1 Å². The zero-order valence-electron chi connectivity index (χ0n) is 12.4. The fourth-order valence-electron chi connectivity index (χ4n) is 2.70. The molecule has 0 spiro atoms. The highest BCUT2D eigenvalue weighted by molar-refractivity contribution is 5.76. The maximum atomic E-state index is 6.00. The fourth-order valence-corrected chi connectivity index (χ4v) is 2.70. The van der Waals surface area contributed by atoms with Gasteiger partial charge in [0.05, 0.1) is 5.92 Å². The van der Waals surface area contributed by atoms with Crippen molar-refractivity contribution >= 4 is 16.8 Å². The molecule has 3 rings (SSSR count). The fraction of sp³-hybridized carbons (Fsp3) is 0.278. The number of aromatic nitrogens is 1. The van der Waals surface area contributed by atoms with Gasteiger partial charge in [-0.25, -0.2) is 4.98 Å². The Morgan fingerprint density at radius 3 is 2.62 bits per heavy atom. The molecule has 3 aromatic rings. The van der Waals surface area contributed by atoms with Gasteiger partial charge >= 0.3 is 0 Å². The highest BCUT2D eigenvalue weighted by Gasteiger charge is 2.25. The van der Waals surface area contributed by atoms with Gasteiger partial charge in [-0.1, -0.05) is 50.6 Å². The summed E-state index contributed by atoms with van der Waals surface area (Å²) < 4.78 is 6.00. The number of nitrogen functional groups attached to an aromatic ring is 1. The van der Waals surface area contributed by atoms with Crippen LogP contribution in [0, 0.1) is 5.92 Å². The maximum Gasteiger partial charge on any atom is 0.203 e. The van der Waals surface area contributed by atoms with E-state index < -0.39 is 0 Å². The van der Waals surface area contributed by atoms with E-state index in [1.807, 2.05) is 24.3 Å². The third kappa shape index (κ3) is 2.64. The summed E-state index contributed by atoms with van der Waals surface area (Å²) in [4.78, 5) is 4.68. The molecule has 3 heteroatoms. The summed E-state index contributed by atoms with van der Waals surface area (Å²) in [5.74, 6) is 1.40. The van der Waals surface area contributed by atoms with Gasteiger partial charge < -0.3 is 10.2 Å². The molecule has 0 saturated carbocycles. The van der Waals surface area contributed by atoms with Crippen LogP contribution in [0.1, 0.15) is 37.6 Å². The third-order valence-corrected chi connectivity index (χ3v) is 4.07. The molecule has 21 heavy (non-hydrogen) atoms. The molecule has 0 fully saturated rings. The number of anilines is 1. The van der Waals surface area contributed by atoms with Crippen LogP contribution < -0.4 is 5.73 Å². The van der Waals surface area contributed by atoms with Crippen LogP contribution in [0.15, 0.2) is 52.9 Å². The lowest BCUT2D eigenvalue weighted by molar-refractivity contribution is 0.406. The predicted molar refractivity (Wildman–Crippen MR) is 86.2 cm³/mol. The number of hydrogen-bond donors (Lipinski definition) is 1. The van der Waals surface area contributed by atoms with E-state index in [4.69, 9.17) is 10.2 Å². The monoisotopic (exact) mass is 280 g/mol. The first-order valence-corrected chi connectivity index (χ1v) is 7.40. The first-order chi connectivity index (χ1) is 10.2. The molecular weight excluding hydrogens is 260 g/mol. The van der Waals surface area contributed by atoms with Crippen LogP contribution in [-0.2, 0) is 0 Å². The molecule has 0 amide bonds. The second kappa shape index (κ2) is 5.60. The van der Waals surface area contributed by atoms with Gasteiger partial charge in [0.2, 0.25) is 5.89 Å². The second-order valence-electron chi connectivity index (χ2n) is 5.55. The summed E-state index contributed by atoms with van der Waals surface area (Å²) in [5.41, 5.74) is 9.38. The number of benzene rings is 2. The summed E-state index contributed by atoms with van der Waals surface area (Å²) in [6, 6.07) is 16.0. The number of fused-ring (bicyclic) bond motifs is 1. The van der Waals surface area contributed by atoms with Crippen LogP contribution >= 0.6 is 0 Å². The Morgan fingerprint density at radius 2 is 1.90 bits per heavy atom. The van der Waals surface area contributed by atoms with Crippen molar-refractivity contribution in [1.82, 2.24) is 4.98 Å². The van der Waals surface area contributed by atoms with E-state index in [0.717, 1.165) is 23.4 Å². The van der Waals surface area contributed by atoms with Crippen molar-refractivity contribution in [3.63, 3.8) is 0 Å². The topological polar surface area (TPSA) is 52.0 Å². The third-order valence-electron chi connectivity index (χ3n) is 4.07. The highest BCUT2D eigenvalue weighted by Crippen LogP contribution is 2.35. The number of nitrogens with two attached hydrogens (primary N) is 1. The van der Waals surface area contributed by atoms with Crippen LogP contribution in [-0.4, -0.2) is 4.98 Å². The predicted octanol–water partition coefficient (Wildman–Crippen LogP) is 4.59. The van der Waals surface area contributed by atoms with Gasteiger partial charge in [0.1, 0.15) is 5.52 Å². The first-order valence-electron chi connectivity index (χ1n) is 7.40. The Balaban J connectivity index is 2.10. The molecule has 0 aliphatic rings. The average Bonchev–Trinajstić information content (AvgIpc) is 2.90. The van der Waals surface area contributed by atoms with E-state index in [-0.39, 0.29) is 5.92 Å². The van der Waals surface area contributed by atoms with Gasteiger partial charge in [-0.2, -0.15) is 0 Å². The number of hydrogen-bond acceptors (Lipinski definition) is 3. The maximum absolute atomic E-state index is 6.00. The van der Waals surface area contributed by atoms with Crippen molar-refractivity contribution in [2.45, 2.75) is 26.2 Å². The lowest BCUT2D eigenvalue weighted by atomic mass is 9.85. The quantitative estimate of drug-likeness (QED) is 0.711. The van der Waals surface area contributed by atoms with Crippen LogP contribution in [0.2, 0.25) is 0 Å². The van der Waals surface area contributed by atoms with Crippen LogP contribution in [0.5, 0.6) is 0 Å². The SMILES string of the molecule is CCC(C)C(c1ccccc1)c1nc2ccc(N)cc2o1. The van der Waals surface area contributed by atoms with E-state index in [0.29, 0.717) is 11.6 Å². The molecule has 1 heterocycles. The van der Waals surface area contributed by atoms with Crippen LogP contribution in [0.25, 0.3) is 11.1 Å². The summed E-state index contributed by atoms with van der Waals surface area (Å²) >= 11 is 0. The average molecular weight is 280 g/mol. The minimum absolute atomic E-state index is 0.171. The molecule has 0 aliphatic heterocycles. The molecule has 1 aromatic heterocycles. The molecule has 108 valence electrons. The Morgan fingerprint density at radius 1 is 1.14 bits per heavy atom. The van der Waals surface area contributed by atoms with Gasteiger partial charge in [-0.05, 0) is 23.6 Å². The van der Waals surface area contributed by atoms with Crippen molar-refractivity contribution in [2.75, 3.05) is 5.73 Å². The highest BCUT2D eigenvalue weighted by atomic mass is 16.3. The van der Waals surface area contributed by atoms with E-state index in [1.54, 1.807) is 0 Å². The Hall–Kier alpha value is -2.29. The summed E-state index contributed by atoms with van der Waals surface area (Å²) in [7, 11) is 0. The van der Waals surface area contributed by atoms with Gasteiger partial charge in [0.15, 0.2) is 5.58 Å². The molecule has 0 aliphatic carbocycles. The number of nitrogens with zero attached hydrogens (tertiary/aromatic N) is 1. The molecule has 3 nitrogen and oxygen atoms in total. The van der Waals surface area contributed by atoms with Crippen molar-refractivity contribution in [1.29, 1.82) is 0 Å². The second-order valence-corrected chi connectivity index (χ2v) is 5.55. The molecule has 0 radical (unpaired) electrons. The zero-order valence-corrected chi connectivity index (χ0v) is 12.4. The standard InChI is InChI=1S/C18H20N2O/c1-3-12(2)17(13-7-5-4-6-8-13)18-20-15-10-9-14(19)11-16(15)21-18/h4-12,17H,3,19H2,1-2H3. The van der Waals surface area contributed by atoms with E-state index in [9.17, 15) is 0 Å².